The number of nitrogens with one attached hydrogen (secondary N) is 1. The number of hydrogen-bond acceptors (Lipinski definition) is 4. The molecule has 1 aromatic heterocycles. The quantitative estimate of drug-likeness (QED) is 0.635. The van der Waals surface area contributed by atoms with Gasteiger partial charge in [0, 0.05) is 22.3 Å². The number of anilines is 2. The van der Waals surface area contributed by atoms with Crippen molar-refractivity contribution in [2.24, 2.45) is 0 Å². The van der Waals surface area contributed by atoms with Gasteiger partial charge in [-0.3, -0.25) is 4.98 Å². The maximum absolute atomic E-state index is 12.4. The number of nitrogens with zero attached hydrogens (tertiary/aromatic N) is 1. The molecule has 0 saturated carbocycles. The van der Waals surface area contributed by atoms with Crippen LogP contribution in [0.4, 0.5) is 11.4 Å². The first kappa shape index (κ1) is 17.2. The second-order valence-electron chi connectivity index (χ2n) is 5.85. The molecule has 0 aliphatic carbocycles. The van der Waals surface area contributed by atoms with Crippen LogP contribution in [0.3, 0.4) is 0 Å². The molecule has 0 spiro atoms. The first-order valence-corrected chi connectivity index (χ1v) is 8.47. The molecule has 0 bridgehead atoms. The molecule has 0 saturated heterocycles. The number of carbonyl (C=O) groups excluding carboxylic acids is 1. The summed E-state index contributed by atoms with van der Waals surface area (Å²) < 4.78 is 5.18. The largest absolute Gasteiger partial charge is 0.462 e. The number of fused-ring (bicyclic) bond motifs is 1. The molecule has 25 heavy (non-hydrogen) atoms. The van der Waals surface area contributed by atoms with E-state index in [1.54, 1.807) is 19.1 Å². The fraction of sp³-hybridized carbons (Fsp3) is 0.200. The third-order valence-electron chi connectivity index (χ3n) is 4.10. The fourth-order valence-electron chi connectivity index (χ4n) is 2.63. The minimum absolute atomic E-state index is 0.301. The summed E-state index contributed by atoms with van der Waals surface area (Å²) in [6.45, 7) is 6.19. The predicted molar refractivity (Wildman–Crippen MR) is 102 cm³/mol. The lowest BCUT2D eigenvalue weighted by atomic mass is 10.1. The molecule has 128 valence electrons. The lowest BCUT2D eigenvalue weighted by Gasteiger charge is -2.15. The van der Waals surface area contributed by atoms with E-state index in [1.807, 2.05) is 31.2 Å². The maximum atomic E-state index is 12.4. The molecule has 1 heterocycles. The molecule has 1 N–H and O–H groups in total. The number of halogens is 1. The Morgan fingerprint density at radius 3 is 2.68 bits per heavy atom. The molecule has 0 aliphatic rings. The standard InChI is InChI=1S/C20H19ClN2O2/c1-4-25-20(24)17-11-22-18-8-6-14(21)10-16(18)19(17)23-15-7-5-12(2)13(3)9-15/h5-11H,4H2,1-3H3,(H,22,23). The van der Waals surface area contributed by atoms with Crippen LogP contribution < -0.4 is 5.32 Å². The Labute approximate surface area is 151 Å². The van der Waals surface area contributed by atoms with Crippen LogP contribution in [-0.2, 0) is 4.74 Å². The normalized spacial score (nSPS) is 10.7. The van der Waals surface area contributed by atoms with Gasteiger partial charge in [-0.1, -0.05) is 17.7 Å². The average Bonchev–Trinajstić information content (AvgIpc) is 2.58. The Kier molecular flexibility index (Phi) is 4.91. The monoisotopic (exact) mass is 354 g/mol. The second kappa shape index (κ2) is 7.11. The Bertz CT molecular complexity index is 954. The lowest BCUT2D eigenvalue weighted by Crippen LogP contribution is -2.09. The molecule has 0 fully saturated rings. The summed E-state index contributed by atoms with van der Waals surface area (Å²) in [6, 6.07) is 11.5. The van der Waals surface area contributed by atoms with E-state index in [0.717, 1.165) is 16.6 Å². The number of hydrogen-bond donors (Lipinski definition) is 1. The molecule has 4 nitrogen and oxygen atoms in total. The molecule has 3 rings (SSSR count). The zero-order chi connectivity index (χ0) is 18.0. The maximum Gasteiger partial charge on any atom is 0.341 e. The highest BCUT2D eigenvalue weighted by atomic mass is 35.5. The number of pyridine rings is 1. The van der Waals surface area contributed by atoms with Crippen LogP contribution >= 0.6 is 11.6 Å². The van der Waals surface area contributed by atoms with Crippen LogP contribution in [0, 0.1) is 13.8 Å². The van der Waals surface area contributed by atoms with E-state index in [1.165, 1.54) is 17.3 Å². The molecule has 0 unspecified atom stereocenters. The number of carbonyl (C=O) groups is 1. The first-order chi connectivity index (χ1) is 12.0. The fourth-order valence-corrected chi connectivity index (χ4v) is 2.80. The predicted octanol–water partition coefficient (Wildman–Crippen LogP) is 5.43. The molecular weight excluding hydrogens is 336 g/mol. The molecule has 0 atom stereocenters. The summed E-state index contributed by atoms with van der Waals surface area (Å²) in [5.41, 5.74) is 5.05. The summed E-state index contributed by atoms with van der Waals surface area (Å²) >= 11 is 6.16. The average molecular weight is 355 g/mol. The smallest absolute Gasteiger partial charge is 0.341 e. The van der Waals surface area contributed by atoms with Crippen molar-refractivity contribution in [2.75, 3.05) is 11.9 Å². The van der Waals surface area contributed by atoms with Crippen LogP contribution in [0.25, 0.3) is 10.9 Å². The van der Waals surface area contributed by atoms with Crippen molar-refractivity contribution in [3.63, 3.8) is 0 Å². The van der Waals surface area contributed by atoms with Crippen molar-refractivity contribution in [1.82, 2.24) is 4.98 Å². The van der Waals surface area contributed by atoms with Crippen molar-refractivity contribution in [3.05, 3.63) is 64.3 Å². The molecular formula is C20H19ClN2O2. The van der Waals surface area contributed by atoms with Gasteiger partial charge in [-0.25, -0.2) is 4.79 Å². The van der Waals surface area contributed by atoms with Crippen LogP contribution in [0.15, 0.2) is 42.6 Å². The van der Waals surface area contributed by atoms with Gasteiger partial charge in [0.05, 0.1) is 17.8 Å². The number of rotatable bonds is 4. The van der Waals surface area contributed by atoms with Gasteiger partial charge in [-0.05, 0) is 62.2 Å². The third-order valence-corrected chi connectivity index (χ3v) is 4.34. The number of esters is 1. The third kappa shape index (κ3) is 3.59. The van der Waals surface area contributed by atoms with E-state index in [4.69, 9.17) is 16.3 Å². The minimum atomic E-state index is -0.414. The van der Waals surface area contributed by atoms with E-state index in [-0.39, 0.29) is 0 Å². The van der Waals surface area contributed by atoms with E-state index in [0.29, 0.717) is 22.9 Å². The van der Waals surface area contributed by atoms with Gasteiger partial charge in [0.1, 0.15) is 5.56 Å². The van der Waals surface area contributed by atoms with Gasteiger partial charge in [0.2, 0.25) is 0 Å². The molecule has 2 aromatic carbocycles. The summed E-state index contributed by atoms with van der Waals surface area (Å²) in [4.78, 5) is 16.7. The Balaban J connectivity index is 2.17. The van der Waals surface area contributed by atoms with E-state index in [2.05, 4.69) is 17.2 Å². The second-order valence-corrected chi connectivity index (χ2v) is 6.29. The van der Waals surface area contributed by atoms with Crippen LogP contribution in [0.2, 0.25) is 5.02 Å². The van der Waals surface area contributed by atoms with Crippen LogP contribution in [0.1, 0.15) is 28.4 Å². The van der Waals surface area contributed by atoms with Gasteiger partial charge in [-0.15, -0.1) is 0 Å². The molecule has 3 aromatic rings. The number of ether oxygens (including phenoxy) is 1. The Hall–Kier alpha value is -2.59. The minimum Gasteiger partial charge on any atom is -0.462 e. The summed E-state index contributed by atoms with van der Waals surface area (Å²) in [5, 5.41) is 4.71. The van der Waals surface area contributed by atoms with Gasteiger partial charge in [0.25, 0.3) is 0 Å². The number of aromatic nitrogens is 1. The highest BCUT2D eigenvalue weighted by Gasteiger charge is 2.17. The highest BCUT2D eigenvalue weighted by Crippen LogP contribution is 2.32. The van der Waals surface area contributed by atoms with Gasteiger partial charge in [-0.2, -0.15) is 0 Å². The van der Waals surface area contributed by atoms with E-state index >= 15 is 0 Å². The first-order valence-electron chi connectivity index (χ1n) is 8.09. The van der Waals surface area contributed by atoms with Crippen molar-refractivity contribution in [1.29, 1.82) is 0 Å². The van der Waals surface area contributed by atoms with Crippen LogP contribution in [0.5, 0.6) is 0 Å². The van der Waals surface area contributed by atoms with Crippen molar-refractivity contribution < 1.29 is 9.53 Å². The zero-order valence-corrected chi connectivity index (χ0v) is 15.1. The summed E-state index contributed by atoms with van der Waals surface area (Å²) in [6.07, 6.45) is 1.54. The summed E-state index contributed by atoms with van der Waals surface area (Å²) in [5.74, 6) is -0.414. The molecule has 5 heteroatoms. The molecule has 0 aliphatic heterocycles. The summed E-state index contributed by atoms with van der Waals surface area (Å²) in [7, 11) is 0. The van der Waals surface area contributed by atoms with Crippen molar-refractivity contribution in [2.45, 2.75) is 20.8 Å². The van der Waals surface area contributed by atoms with Crippen molar-refractivity contribution >= 4 is 39.8 Å². The highest BCUT2D eigenvalue weighted by molar-refractivity contribution is 6.31. The topological polar surface area (TPSA) is 51.2 Å². The van der Waals surface area contributed by atoms with Crippen molar-refractivity contribution in [3.8, 4) is 0 Å². The SMILES string of the molecule is CCOC(=O)c1cnc2ccc(Cl)cc2c1Nc1ccc(C)c(C)c1. The Morgan fingerprint density at radius 2 is 1.96 bits per heavy atom. The van der Waals surface area contributed by atoms with Gasteiger partial charge < -0.3 is 10.1 Å². The Morgan fingerprint density at radius 1 is 1.16 bits per heavy atom. The molecule has 0 radical (unpaired) electrons. The number of benzene rings is 2. The lowest BCUT2D eigenvalue weighted by molar-refractivity contribution is 0.0527. The van der Waals surface area contributed by atoms with Crippen LogP contribution in [-0.4, -0.2) is 17.6 Å². The number of aryl methyl sites for hydroxylation is 2. The van der Waals surface area contributed by atoms with E-state index < -0.39 is 5.97 Å². The van der Waals surface area contributed by atoms with Gasteiger partial charge >= 0.3 is 5.97 Å². The zero-order valence-electron chi connectivity index (χ0n) is 14.4. The molecule has 0 amide bonds. The van der Waals surface area contributed by atoms with E-state index in [9.17, 15) is 4.79 Å². The van der Waals surface area contributed by atoms with Gasteiger partial charge in [0.15, 0.2) is 0 Å².